The number of aromatic nitrogens is 1. The number of ether oxygens (including phenoxy) is 1. The van der Waals surface area contributed by atoms with Crippen LogP contribution in [0.25, 0.3) is 22.0 Å². The summed E-state index contributed by atoms with van der Waals surface area (Å²) >= 11 is 0. The first-order valence-corrected chi connectivity index (χ1v) is 6.47. The van der Waals surface area contributed by atoms with E-state index in [4.69, 9.17) is 4.74 Å². The lowest BCUT2D eigenvalue weighted by Crippen LogP contribution is -2.11. The molecule has 1 heterocycles. The molecule has 0 aliphatic carbocycles. The van der Waals surface area contributed by atoms with Crippen LogP contribution in [0.5, 0.6) is 5.75 Å². The monoisotopic (exact) mass is 265 g/mol. The largest absolute Gasteiger partial charge is 0.497 e. The second-order valence-corrected chi connectivity index (χ2v) is 4.73. The van der Waals surface area contributed by atoms with Gasteiger partial charge in [0, 0.05) is 16.5 Å². The fraction of sp³-hybridized carbons (Fsp3) is 0.118. The number of hydrogen-bond acceptors (Lipinski definition) is 2. The number of nitrogens with one attached hydrogen (secondary N) is 1. The highest BCUT2D eigenvalue weighted by Gasteiger charge is 2.10. The van der Waals surface area contributed by atoms with Crippen LogP contribution in [0.4, 0.5) is 0 Å². The third kappa shape index (κ3) is 1.97. The number of rotatable bonds is 2. The van der Waals surface area contributed by atoms with Crippen LogP contribution in [-0.4, -0.2) is 12.1 Å². The Morgan fingerprint density at radius 1 is 1.00 bits per heavy atom. The molecule has 0 atom stereocenters. The number of aromatic amines is 1. The van der Waals surface area contributed by atoms with Crippen molar-refractivity contribution in [2.45, 2.75) is 6.92 Å². The van der Waals surface area contributed by atoms with Crippen molar-refractivity contribution >= 4 is 10.9 Å². The molecule has 0 amide bonds. The van der Waals surface area contributed by atoms with Crippen LogP contribution in [0.2, 0.25) is 0 Å². The average molecular weight is 265 g/mol. The third-order valence-electron chi connectivity index (χ3n) is 3.54. The molecule has 0 unspecified atom stereocenters. The SMILES string of the molecule is COc1ccc(-c2c(C)c(=O)[nH]c3ccccc23)cc1. The summed E-state index contributed by atoms with van der Waals surface area (Å²) in [7, 11) is 1.64. The average Bonchev–Trinajstić information content (AvgIpc) is 2.49. The van der Waals surface area contributed by atoms with E-state index < -0.39 is 0 Å². The van der Waals surface area contributed by atoms with Crippen molar-refractivity contribution in [3.05, 3.63) is 64.4 Å². The van der Waals surface area contributed by atoms with Gasteiger partial charge in [-0.2, -0.15) is 0 Å². The summed E-state index contributed by atoms with van der Waals surface area (Å²) in [6.45, 7) is 1.85. The molecule has 2 aromatic carbocycles. The number of hydrogen-bond donors (Lipinski definition) is 1. The Morgan fingerprint density at radius 2 is 1.70 bits per heavy atom. The number of fused-ring (bicyclic) bond motifs is 1. The fourth-order valence-corrected chi connectivity index (χ4v) is 2.47. The maximum Gasteiger partial charge on any atom is 0.251 e. The number of H-pyrrole nitrogens is 1. The Labute approximate surface area is 116 Å². The van der Waals surface area contributed by atoms with Gasteiger partial charge in [-0.05, 0) is 36.2 Å². The molecule has 20 heavy (non-hydrogen) atoms. The second-order valence-electron chi connectivity index (χ2n) is 4.73. The molecule has 0 spiro atoms. The molecule has 0 saturated heterocycles. The molecule has 0 aliphatic heterocycles. The predicted molar refractivity (Wildman–Crippen MR) is 81.3 cm³/mol. The molecule has 3 aromatic rings. The van der Waals surface area contributed by atoms with Gasteiger partial charge >= 0.3 is 0 Å². The number of benzene rings is 2. The molecule has 0 saturated carbocycles. The minimum absolute atomic E-state index is 0.0467. The molecule has 0 radical (unpaired) electrons. The van der Waals surface area contributed by atoms with Crippen LogP contribution in [-0.2, 0) is 0 Å². The highest BCUT2D eigenvalue weighted by Crippen LogP contribution is 2.30. The summed E-state index contributed by atoms with van der Waals surface area (Å²) in [5.74, 6) is 0.806. The van der Waals surface area contributed by atoms with E-state index in [0.29, 0.717) is 0 Å². The van der Waals surface area contributed by atoms with Crippen LogP contribution in [0.1, 0.15) is 5.56 Å². The van der Waals surface area contributed by atoms with E-state index in [1.165, 1.54) is 0 Å². The smallest absolute Gasteiger partial charge is 0.251 e. The number of methoxy groups -OCH3 is 1. The summed E-state index contributed by atoms with van der Waals surface area (Å²) in [6.07, 6.45) is 0. The highest BCUT2D eigenvalue weighted by atomic mass is 16.5. The van der Waals surface area contributed by atoms with E-state index in [-0.39, 0.29) is 5.56 Å². The minimum atomic E-state index is -0.0467. The van der Waals surface area contributed by atoms with Gasteiger partial charge in [0.25, 0.3) is 5.56 Å². The van der Waals surface area contributed by atoms with Gasteiger partial charge in [-0.15, -0.1) is 0 Å². The predicted octanol–water partition coefficient (Wildman–Crippen LogP) is 3.51. The first-order valence-electron chi connectivity index (χ1n) is 6.47. The molecule has 0 fully saturated rings. The molecule has 0 aliphatic rings. The third-order valence-corrected chi connectivity index (χ3v) is 3.54. The Hall–Kier alpha value is -2.55. The van der Waals surface area contributed by atoms with E-state index in [1.54, 1.807) is 7.11 Å². The van der Waals surface area contributed by atoms with Gasteiger partial charge in [0.05, 0.1) is 7.11 Å². The van der Waals surface area contributed by atoms with E-state index in [0.717, 1.165) is 33.3 Å². The van der Waals surface area contributed by atoms with E-state index >= 15 is 0 Å². The van der Waals surface area contributed by atoms with E-state index in [1.807, 2.05) is 55.5 Å². The maximum atomic E-state index is 12.1. The molecular weight excluding hydrogens is 250 g/mol. The maximum absolute atomic E-state index is 12.1. The van der Waals surface area contributed by atoms with Gasteiger partial charge in [0.2, 0.25) is 0 Å². The van der Waals surface area contributed by atoms with Gasteiger partial charge in [-0.25, -0.2) is 0 Å². The van der Waals surface area contributed by atoms with Crippen molar-refractivity contribution in [2.24, 2.45) is 0 Å². The summed E-state index contributed by atoms with van der Waals surface area (Å²) in [5, 5.41) is 1.05. The van der Waals surface area contributed by atoms with Gasteiger partial charge in [-0.1, -0.05) is 30.3 Å². The lowest BCUT2D eigenvalue weighted by atomic mass is 9.97. The summed E-state index contributed by atoms with van der Waals surface area (Å²) < 4.78 is 5.18. The van der Waals surface area contributed by atoms with Crippen LogP contribution < -0.4 is 10.3 Å². The Kier molecular flexibility index (Phi) is 3.03. The van der Waals surface area contributed by atoms with Gasteiger partial charge < -0.3 is 9.72 Å². The molecular formula is C17H15NO2. The van der Waals surface area contributed by atoms with Crippen LogP contribution in [0, 0.1) is 6.92 Å². The molecule has 3 rings (SSSR count). The van der Waals surface area contributed by atoms with Crippen molar-refractivity contribution in [3.8, 4) is 16.9 Å². The van der Waals surface area contributed by atoms with Crippen molar-refractivity contribution in [1.82, 2.24) is 4.98 Å². The van der Waals surface area contributed by atoms with Crippen molar-refractivity contribution in [1.29, 1.82) is 0 Å². The molecule has 1 N–H and O–H groups in total. The zero-order chi connectivity index (χ0) is 14.1. The van der Waals surface area contributed by atoms with Crippen LogP contribution in [0.3, 0.4) is 0 Å². The fourth-order valence-electron chi connectivity index (χ4n) is 2.47. The van der Waals surface area contributed by atoms with Crippen molar-refractivity contribution in [3.63, 3.8) is 0 Å². The van der Waals surface area contributed by atoms with Gasteiger partial charge in [0.15, 0.2) is 0 Å². The first-order chi connectivity index (χ1) is 9.70. The highest BCUT2D eigenvalue weighted by molar-refractivity contribution is 5.95. The molecule has 0 bridgehead atoms. The van der Waals surface area contributed by atoms with E-state index in [2.05, 4.69) is 4.98 Å². The first kappa shape index (κ1) is 12.5. The van der Waals surface area contributed by atoms with E-state index in [9.17, 15) is 4.79 Å². The Balaban J connectivity index is 2.33. The van der Waals surface area contributed by atoms with Crippen molar-refractivity contribution < 1.29 is 4.74 Å². The lowest BCUT2D eigenvalue weighted by molar-refractivity contribution is 0.415. The quantitative estimate of drug-likeness (QED) is 0.770. The Morgan fingerprint density at radius 3 is 2.40 bits per heavy atom. The zero-order valence-electron chi connectivity index (χ0n) is 11.4. The second kappa shape index (κ2) is 4.85. The summed E-state index contributed by atoms with van der Waals surface area (Å²) in [4.78, 5) is 15.0. The van der Waals surface area contributed by atoms with Gasteiger partial charge in [0.1, 0.15) is 5.75 Å². The topological polar surface area (TPSA) is 42.1 Å². The zero-order valence-corrected chi connectivity index (χ0v) is 11.4. The summed E-state index contributed by atoms with van der Waals surface area (Å²) in [5.41, 5.74) is 3.54. The van der Waals surface area contributed by atoms with Crippen molar-refractivity contribution in [2.75, 3.05) is 7.11 Å². The molecule has 3 heteroatoms. The normalized spacial score (nSPS) is 10.7. The standard InChI is InChI=1S/C17H15NO2/c1-11-16(12-7-9-13(20-2)10-8-12)14-5-3-4-6-15(14)18-17(11)19/h3-10H,1-2H3,(H,18,19). The summed E-state index contributed by atoms with van der Waals surface area (Å²) in [6, 6.07) is 15.6. The molecule has 1 aromatic heterocycles. The molecule has 100 valence electrons. The molecule has 3 nitrogen and oxygen atoms in total. The van der Waals surface area contributed by atoms with Crippen LogP contribution in [0.15, 0.2) is 53.3 Å². The minimum Gasteiger partial charge on any atom is -0.497 e. The lowest BCUT2D eigenvalue weighted by Gasteiger charge is -2.10. The van der Waals surface area contributed by atoms with Crippen LogP contribution >= 0.6 is 0 Å². The van der Waals surface area contributed by atoms with Gasteiger partial charge in [-0.3, -0.25) is 4.79 Å². The number of pyridine rings is 1. The Bertz CT molecular complexity index is 817. The number of para-hydroxylation sites is 1.